The summed E-state index contributed by atoms with van der Waals surface area (Å²) in [5.74, 6) is -1.77. The summed E-state index contributed by atoms with van der Waals surface area (Å²) in [6.07, 6.45) is -3.04. The molecule has 0 bridgehead atoms. The van der Waals surface area contributed by atoms with Crippen LogP contribution < -0.4 is 5.32 Å². The highest BCUT2D eigenvalue weighted by molar-refractivity contribution is 4.90. The minimum absolute atomic E-state index is 0.145. The van der Waals surface area contributed by atoms with Crippen LogP contribution in [0.2, 0.25) is 0 Å². The summed E-state index contributed by atoms with van der Waals surface area (Å²) >= 11 is 0. The molecule has 1 rings (SSSR count). The fourth-order valence-corrected chi connectivity index (χ4v) is 1.58. The van der Waals surface area contributed by atoms with Crippen molar-refractivity contribution in [2.24, 2.45) is 0 Å². The summed E-state index contributed by atoms with van der Waals surface area (Å²) < 4.78 is 4.97. The van der Waals surface area contributed by atoms with Gasteiger partial charge in [0.25, 0.3) is 0 Å². The quantitative estimate of drug-likeness (QED) is 0.321. The molecule has 15 heavy (non-hydrogen) atoms. The zero-order valence-corrected chi connectivity index (χ0v) is 8.83. The van der Waals surface area contributed by atoms with Crippen molar-refractivity contribution in [3.05, 3.63) is 0 Å². The molecule has 0 spiro atoms. The molecule has 0 aliphatic carbocycles. The van der Waals surface area contributed by atoms with E-state index in [-0.39, 0.29) is 13.2 Å². The molecule has 4 atom stereocenters. The molecule has 0 saturated carbocycles. The highest BCUT2D eigenvalue weighted by Gasteiger charge is 2.49. The predicted octanol–water partition coefficient (Wildman–Crippen LogP) is -3.24. The van der Waals surface area contributed by atoms with E-state index in [1.807, 2.05) is 6.92 Å². The standard InChI is InChI=1S/C9H19NO5/c1-2-3-10-5-9(14)8(13)7(12)6(11)4-15-9/h6-8,10-14H,2-5H2,1H3/p+1/t6-,7-,8+,9-/m1/s1. The van der Waals surface area contributed by atoms with Crippen LogP contribution in [0, 0.1) is 0 Å². The lowest BCUT2D eigenvalue weighted by atomic mass is 9.97. The Kier molecular flexibility index (Phi) is 4.45. The Morgan fingerprint density at radius 1 is 1.40 bits per heavy atom. The van der Waals surface area contributed by atoms with Gasteiger partial charge in [-0.3, -0.25) is 0 Å². The maximum atomic E-state index is 9.88. The van der Waals surface area contributed by atoms with E-state index < -0.39 is 24.1 Å². The lowest BCUT2D eigenvalue weighted by Gasteiger charge is -2.40. The minimum Gasteiger partial charge on any atom is -0.388 e. The molecule has 1 aliphatic rings. The number of nitrogens with two attached hydrogens (primary N) is 1. The van der Waals surface area contributed by atoms with Gasteiger partial charge in [-0.05, 0) is 6.42 Å². The number of aliphatic hydroxyl groups is 4. The van der Waals surface area contributed by atoms with Crippen LogP contribution >= 0.6 is 0 Å². The fraction of sp³-hybridized carbons (Fsp3) is 1.00. The number of quaternary nitrogens is 1. The van der Waals surface area contributed by atoms with Crippen LogP contribution in [0.3, 0.4) is 0 Å². The first kappa shape index (κ1) is 12.8. The van der Waals surface area contributed by atoms with Gasteiger partial charge in [-0.2, -0.15) is 0 Å². The average Bonchev–Trinajstić information content (AvgIpc) is 2.22. The molecule has 0 aromatic heterocycles. The van der Waals surface area contributed by atoms with Crippen LogP contribution in [0.1, 0.15) is 13.3 Å². The molecule has 0 aromatic carbocycles. The molecule has 0 radical (unpaired) electrons. The minimum atomic E-state index is -1.77. The zero-order chi connectivity index (χ0) is 11.5. The first-order valence-corrected chi connectivity index (χ1v) is 5.23. The molecule has 0 amide bonds. The van der Waals surface area contributed by atoms with Gasteiger partial charge in [0.1, 0.15) is 24.9 Å². The Bertz CT molecular complexity index is 203. The van der Waals surface area contributed by atoms with Crippen molar-refractivity contribution in [3.63, 3.8) is 0 Å². The molecule has 6 nitrogen and oxygen atoms in total. The van der Waals surface area contributed by atoms with Crippen LogP contribution in [0.5, 0.6) is 0 Å². The maximum absolute atomic E-state index is 9.88. The van der Waals surface area contributed by atoms with Crippen molar-refractivity contribution >= 4 is 0 Å². The lowest BCUT2D eigenvalue weighted by molar-refractivity contribution is -0.680. The van der Waals surface area contributed by atoms with Crippen molar-refractivity contribution in [1.29, 1.82) is 0 Å². The Labute approximate surface area is 88.5 Å². The lowest BCUT2D eigenvalue weighted by Crippen LogP contribution is -2.90. The zero-order valence-electron chi connectivity index (χ0n) is 8.83. The highest BCUT2D eigenvalue weighted by Crippen LogP contribution is 2.22. The summed E-state index contributed by atoms with van der Waals surface area (Å²) in [5.41, 5.74) is 0. The first-order chi connectivity index (χ1) is 7.01. The van der Waals surface area contributed by atoms with E-state index in [0.29, 0.717) is 0 Å². The Morgan fingerprint density at radius 3 is 2.67 bits per heavy atom. The third-order valence-corrected chi connectivity index (χ3v) is 2.61. The molecule has 6 N–H and O–H groups in total. The van der Waals surface area contributed by atoms with Crippen molar-refractivity contribution in [1.82, 2.24) is 0 Å². The van der Waals surface area contributed by atoms with Crippen molar-refractivity contribution in [2.75, 3.05) is 19.7 Å². The topological polar surface area (TPSA) is 107 Å². The molecule has 1 aliphatic heterocycles. The summed E-state index contributed by atoms with van der Waals surface area (Å²) in [5, 5.41) is 39.8. The normalized spacial score (nSPS) is 41.8. The van der Waals surface area contributed by atoms with E-state index >= 15 is 0 Å². The number of hydrogen-bond acceptors (Lipinski definition) is 5. The van der Waals surface area contributed by atoms with E-state index in [2.05, 4.69) is 0 Å². The molecule has 6 heteroatoms. The van der Waals surface area contributed by atoms with Crippen molar-refractivity contribution in [3.8, 4) is 0 Å². The van der Waals surface area contributed by atoms with Crippen LogP contribution in [-0.4, -0.2) is 64.2 Å². The highest BCUT2D eigenvalue weighted by atomic mass is 16.6. The summed E-state index contributed by atoms with van der Waals surface area (Å²) in [7, 11) is 0. The summed E-state index contributed by atoms with van der Waals surface area (Å²) in [6, 6.07) is 0. The van der Waals surface area contributed by atoms with Gasteiger partial charge in [0.15, 0.2) is 0 Å². The van der Waals surface area contributed by atoms with Gasteiger partial charge >= 0.3 is 0 Å². The predicted molar refractivity (Wildman–Crippen MR) is 50.9 cm³/mol. The second-order valence-corrected chi connectivity index (χ2v) is 3.94. The van der Waals surface area contributed by atoms with E-state index in [0.717, 1.165) is 13.0 Å². The molecular weight excluding hydrogens is 202 g/mol. The number of ether oxygens (including phenoxy) is 1. The van der Waals surface area contributed by atoms with Gasteiger partial charge in [-0.25, -0.2) is 0 Å². The SMILES string of the molecule is CCC[NH2+]C[C@@]1(O)OC[C@@H](O)[C@@H](O)[C@@H]1O. The van der Waals surface area contributed by atoms with Crippen LogP contribution in [0.4, 0.5) is 0 Å². The van der Waals surface area contributed by atoms with Gasteiger partial charge in [-0.1, -0.05) is 6.92 Å². The average molecular weight is 222 g/mol. The van der Waals surface area contributed by atoms with E-state index in [1.54, 1.807) is 5.32 Å². The fourth-order valence-electron chi connectivity index (χ4n) is 1.58. The van der Waals surface area contributed by atoms with E-state index in [4.69, 9.17) is 4.74 Å². The van der Waals surface area contributed by atoms with Gasteiger partial charge in [0, 0.05) is 0 Å². The van der Waals surface area contributed by atoms with Crippen molar-refractivity contribution in [2.45, 2.75) is 37.4 Å². The number of aliphatic hydroxyl groups excluding tert-OH is 3. The maximum Gasteiger partial charge on any atom is 0.245 e. The third kappa shape index (κ3) is 2.87. The smallest absolute Gasteiger partial charge is 0.245 e. The van der Waals surface area contributed by atoms with Crippen LogP contribution in [0.15, 0.2) is 0 Å². The second-order valence-electron chi connectivity index (χ2n) is 3.94. The van der Waals surface area contributed by atoms with Gasteiger partial charge in [0.05, 0.1) is 13.2 Å². The van der Waals surface area contributed by atoms with Crippen molar-refractivity contribution < 1.29 is 30.5 Å². The van der Waals surface area contributed by atoms with E-state index in [9.17, 15) is 20.4 Å². The van der Waals surface area contributed by atoms with E-state index in [1.165, 1.54) is 0 Å². The molecule has 1 fully saturated rings. The molecule has 1 saturated heterocycles. The Balaban J connectivity index is 2.51. The molecular formula is C9H20NO5+. The van der Waals surface area contributed by atoms with Gasteiger partial charge in [0.2, 0.25) is 5.79 Å². The molecule has 1 heterocycles. The third-order valence-electron chi connectivity index (χ3n) is 2.61. The molecule has 0 unspecified atom stereocenters. The monoisotopic (exact) mass is 222 g/mol. The van der Waals surface area contributed by atoms with Gasteiger partial charge < -0.3 is 30.5 Å². The van der Waals surface area contributed by atoms with Crippen LogP contribution in [0.25, 0.3) is 0 Å². The summed E-state index contributed by atoms with van der Waals surface area (Å²) in [4.78, 5) is 0. The number of rotatable bonds is 4. The Morgan fingerprint density at radius 2 is 2.07 bits per heavy atom. The Hall–Kier alpha value is -0.240. The second kappa shape index (κ2) is 5.20. The summed E-state index contributed by atoms with van der Waals surface area (Å²) in [6.45, 7) is 2.77. The van der Waals surface area contributed by atoms with Gasteiger partial charge in [-0.15, -0.1) is 0 Å². The first-order valence-electron chi connectivity index (χ1n) is 5.23. The van der Waals surface area contributed by atoms with Crippen LogP contribution in [-0.2, 0) is 4.74 Å². The molecule has 90 valence electrons. The molecule has 0 aromatic rings. The largest absolute Gasteiger partial charge is 0.388 e. The number of hydrogen-bond donors (Lipinski definition) is 5.